The minimum Gasteiger partial charge on any atom is -0.460 e. The summed E-state index contributed by atoms with van der Waals surface area (Å²) in [7, 11) is 0. The molecule has 5 atom stereocenters. The maximum Gasteiger partial charge on any atom is 0.134 e. The van der Waals surface area contributed by atoms with Crippen LogP contribution in [0.1, 0.15) is 79.9 Å². The highest BCUT2D eigenvalue weighted by Crippen LogP contribution is 2.72. The van der Waals surface area contributed by atoms with E-state index in [1.807, 2.05) is 0 Å². The molecule has 0 amide bonds. The lowest BCUT2D eigenvalue weighted by Crippen LogP contribution is -2.34. The van der Waals surface area contributed by atoms with Gasteiger partial charge in [-0.05, 0) is 86.4 Å². The van der Waals surface area contributed by atoms with Gasteiger partial charge in [0.05, 0.1) is 5.92 Å². The molecular weight excluding hydrogens is 593 g/mol. The number of rotatable bonds is 3. The highest BCUT2D eigenvalue weighted by molar-refractivity contribution is 6.08. The lowest BCUT2D eigenvalue weighted by molar-refractivity contribution is 0.202. The summed E-state index contributed by atoms with van der Waals surface area (Å²) in [6.07, 6.45) is 17.8. The van der Waals surface area contributed by atoms with E-state index >= 15 is 0 Å². The third-order valence-electron chi connectivity index (χ3n) is 12.8. The molecular formula is C48H42O. The first-order valence-electron chi connectivity index (χ1n) is 18.2. The van der Waals surface area contributed by atoms with Crippen molar-refractivity contribution in [2.45, 2.75) is 51.9 Å². The first kappa shape index (κ1) is 29.1. The van der Waals surface area contributed by atoms with Crippen molar-refractivity contribution in [3.05, 3.63) is 173 Å². The van der Waals surface area contributed by atoms with E-state index in [1.54, 1.807) is 5.57 Å². The molecule has 1 heterocycles. The number of fused-ring (bicyclic) bond motifs is 8. The average Bonchev–Trinajstić information content (AvgIpc) is 3.61. The van der Waals surface area contributed by atoms with Crippen molar-refractivity contribution < 1.29 is 4.42 Å². The molecule has 49 heavy (non-hydrogen) atoms. The van der Waals surface area contributed by atoms with Gasteiger partial charge in [0.25, 0.3) is 0 Å². The first-order chi connectivity index (χ1) is 24.0. The highest BCUT2D eigenvalue weighted by Gasteiger charge is 2.63. The molecule has 1 saturated carbocycles. The molecule has 1 fully saturated rings. The van der Waals surface area contributed by atoms with Crippen LogP contribution in [-0.2, 0) is 0 Å². The Morgan fingerprint density at radius 2 is 1.29 bits per heavy atom. The quantitative estimate of drug-likeness (QED) is 0.139. The van der Waals surface area contributed by atoms with Crippen molar-refractivity contribution in [2.75, 3.05) is 0 Å². The smallest absolute Gasteiger partial charge is 0.134 e. The van der Waals surface area contributed by atoms with Crippen LogP contribution in [0.5, 0.6) is 0 Å². The van der Waals surface area contributed by atoms with Crippen LogP contribution < -0.4 is 0 Å². The summed E-state index contributed by atoms with van der Waals surface area (Å²) >= 11 is 0. The van der Waals surface area contributed by atoms with Gasteiger partial charge in [-0.25, -0.2) is 0 Å². The molecule has 0 saturated heterocycles. The van der Waals surface area contributed by atoms with Crippen LogP contribution in [0.25, 0.3) is 38.1 Å². The van der Waals surface area contributed by atoms with Crippen molar-refractivity contribution in [2.24, 2.45) is 22.7 Å². The van der Waals surface area contributed by atoms with Gasteiger partial charge < -0.3 is 4.42 Å². The molecule has 240 valence electrons. The zero-order valence-electron chi connectivity index (χ0n) is 28.6. The summed E-state index contributed by atoms with van der Waals surface area (Å²) in [5.74, 6) is 2.23. The number of hydrogen-bond donors (Lipinski definition) is 0. The summed E-state index contributed by atoms with van der Waals surface area (Å²) in [5, 5.41) is 6.79. The van der Waals surface area contributed by atoms with Crippen LogP contribution in [0.3, 0.4) is 0 Å². The number of furan rings is 1. The lowest BCUT2D eigenvalue weighted by atomic mass is 9.60. The van der Waals surface area contributed by atoms with Crippen LogP contribution in [-0.4, -0.2) is 0 Å². The van der Waals surface area contributed by atoms with E-state index in [-0.39, 0.29) is 22.7 Å². The topological polar surface area (TPSA) is 13.1 Å². The van der Waals surface area contributed by atoms with Gasteiger partial charge in [0, 0.05) is 22.3 Å². The first-order valence-corrected chi connectivity index (χ1v) is 18.2. The Bertz CT molecular complexity index is 2370. The van der Waals surface area contributed by atoms with Crippen molar-refractivity contribution in [1.82, 2.24) is 0 Å². The average molecular weight is 635 g/mol. The SMILES string of the molecule is CC1(C)C2=C(c3ccccc3)c3c(oc4ccccc34)C(c3c4ccccc4c(C4CC=CCC4)c4ccccc34)C2C2(C)C=CC=CC12. The van der Waals surface area contributed by atoms with E-state index < -0.39 is 0 Å². The Kier molecular flexibility index (Phi) is 6.26. The molecule has 1 heteroatoms. The number of benzene rings is 5. The van der Waals surface area contributed by atoms with Gasteiger partial charge in [-0.3, -0.25) is 0 Å². The van der Waals surface area contributed by atoms with Crippen LogP contribution in [0.2, 0.25) is 0 Å². The molecule has 4 aliphatic rings. The zero-order chi connectivity index (χ0) is 32.9. The molecule has 1 nitrogen and oxygen atoms in total. The molecule has 5 aromatic carbocycles. The fourth-order valence-electron chi connectivity index (χ4n) is 11.0. The van der Waals surface area contributed by atoms with E-state index in [2.05, 4.69) is 160 Å². The predicted molar refractivity (Wildman–Crippen MR) is 205 cm³/mol. The second-order valence-electron chi connectivity index (χ2n) is 15.7. The largest absolute Gasteiger partial charge is 0.460 e. The van der Waals surface area contributed by atoms with Crippen LogP contribution >= 0.6 is 0 Å². The van der Waals surface area contributed by atoms with Crippen molar-refractivity contribution >= 4 is 38.1 Å². The van der Waals surface area contributed by atoms with Gasteiger partial charge >= 0.3 is 0 Å². The molecule has 0 aliphatic heterocycles. The van der Waals surface area contributed by atoms with E-state index in [4.69, 9.17) is 4.42 Å². The molecule has 4 aliphatic carbocycles. The van der Waals surface area contributed by atoms with Crippen LogP contribution in [0, 0.1) is 22.7 Å². The molecule has 0 spiro atoms. The summed E-state index contributed by atoms with van der Waals surface area (Å²) < 4.78 is 7.27. The molecule has 0 bridgehead atoms. The lowest BCUT2D eigenvalue weighted by Gasteiger charge is -2.42. The van der Waals surface area contributed by atoms with Gasteiger partial charge in [0.15, 0.2) is 0 Å². The molecule has 10 rings (SSSR count). The predicted octanol–water partition coefficient (Wildman–Crippen LogP) is 12.9. The van der Waals surface area contributed by atoms with Crippen LogP contribution in [0.4, 0.5) is 0 Å². The summed E-state index contributed by atoms with van der Waals surface area (Å²) in [4.78, 5) is 0. The summed E-state index contributed by atoms with van der Waals surface area (Å²) in [5.41, 5.74) is 9.26. The Morgan fingerprint density at radius 1 is 0.653 bits per heavy atom. The third kappa shape index (κ3) is 3.93. The maximum atomic E-state index is 7.27. The van der Waals surface area contributed by atoms with Crippen molar-refractivity contribution in [1.29, 1.82) is 0 Å². The van der Waals surface area contributed by atoms with Crippen molar-refractivity contribution in [3.63, 3.8) is 0 Å². The van der Waals surface area contributed by atoms with Gasteiger partial charge in [0.2, 0.25) is 0 Å². The van der Waals surface area contributed by atoms with Gasteiger partial charge in [0.1, 0.15) is 11.3 Å². The Balaban J connectivity index is 1.39. The Labute approximate surface area is 289 Å². The number of para-hydroxylation sites is 1. The molecule has 0 N–H and O–H groups in total. The minimum absolute atomic E-state index is 0.0328. The summed E-state index contributed by atoms with van der Waals surface area (Å²) in [6, 6.07) is 38.6. The van der Waals surface area contributed by atoms with Gasteiger partial charge in [-0.1, -0.05) is 160 Å². The van der Waals surface area contributed by atoms with Gasteiger partial charge in [-0.15, -0.1) is 0 Å². The molecule has 0 radical (unpaired) electrons. The summed E-state index contributed by atoms with van der Waals surface area (Å²) in [6.45, 7) is 7.56. The van der Waals surface area contributed by atoms with E-state index in [0.717, 1.165) is 24.2 Å². The third-order valence-corrected chi connectivity index (χ3v) is 12.8. The standard InChI is InChI=1S/C48H42O/c1-47(2)38-28-16-17-29-48(38,3)45-43(46-42(36-26-14-15-27-37(36)49-46)40(44(45)47)31-20-8-5-9-21-31)41-34-24-12-10-22-32(34)39(30-18-6-4-7-19-30)33-23-11-13-25-35(33)41/h4-6,8-17,20-30,38,43,45H,7,18-19H2,1-3H3. The second-order valence-corrected chi connectivity index (χ2v) is 15.7. The normalized spacial score (nSPS) is 26.8. The van der Waals surface area contributed by atoms with E-state index in [9.17, 15) is 0 Å². The van der Waals surface area contributed by atoms with E-state index in [1.165, 1.54) is 61.2 Å². The van der Waals surface area contributed by atoms with Gasteiger partial charge in [-0.2, -0.15) is 0 Å². The zero-order valence-corrected chi connectivity index (χ0v) is 28.6. The van der Waals surface area contributed by atoms with Crippen molar-refractivity contribution in [3.8, 4) is 0 Å². The number of hydrogen-bond acceptors (Lipinski definition) is 1. The molecule has 6 aromatic rings. The fraction of sp³-hybridized carbons (Fsp3) is 0.250. The van der Waals surface area contributed by atoms with Crippen LogP contribution in [0.15, 0.2) is 150 Å². The monoisotopic (exact) mass is 634 g/mol. The van der Waals surface area contributed by atoms with E-state index in [0.29, 0.717) is 11.8 Å². The molecule has 5 unspecified atom stereocenters. The second kappa shape index (κ2) is 10.6. The minimum atomic E-state index is -0.107. The fourth-order valence-corrected chi connectivity index (χ4v) is 11.0. The Hall–Kier alpha value is -4.88. The Morgan fingerprint density at radius 3 is 1.96 bits per heavy atom. The highest BCUT2D eigenvalue weighted by atomic mass is 16.3. The maximum absolute atomic E-state index is 7.27. The molecule has 1 aromatic heterocycles. The number of allylic oxidation sites excluding steroid dienone is 7.